The van der Waals surface area contributed by atoms with E-state index in [1.165, 1.54) is 12.1 Å². The van der Waals surface area contributed by atoms with E-state index < -0.39 is 0 Å². The Balaban J connectivity index is 2.33. The highest BCUT2D eigenvalue weighted by Gasteiger charge is 2.11. The van der Waals surface area contributed by atoms with E-state index in [1.54, 1.807) is 36.4 Å². The maximum absolute atomic E-state index is 14.1. The molecule has 0 bridgehead atoms. The van der Waals surface area contributed by atoms with E-state index in [-0.39, 0.29) is 11.6 Å². The van der Waals surface area contributed by atoms with Crippen molar-refractivity contribution >= 4 is 10.8 Å². The first-order valence-corrected chi connectivity index (χ1v) is 6.37. The van der Waals surface area contributed by atoms with Crippen molar-refractivity contribution < 1.29 is 8.78 Å². The van der Waals surface area contributed by atoms with Gasteiger partial charge in [-0.3, -0.25) is 0 Å². The Morgan fingerprint density at radius 3 is 2.20 bits per heavy atom. The minimum Gasteiger partial charge on any atom is -0.326 e. The van der Waals surface area contributed by atoms with Crippen molar-refractivity contribution in [3.8, 4) is 11.1 Å². The lowest BCUT2D eigenvalue weighted by atomic mass is 9.96. The van der Waals surface area contributed by atoms with E-state index in [0.29, 0.717) is 28.4 Å². The molecule has 20 heavy (non-hydrogen) atoms. The van der Waals surface area contributed by atoms with Gasteiger partial charge in [0.05, 0.1) is 0 Å². The lowest BCUT2D eigenvalue weighted by Gasteiger charge is -2.10. The van der Waals surface area contributed by atoms with Gasteiger partial charge in [-0.15, -0.1) is 0 Å². The maximum atomic E-state index is 14.1. The van der Waals surface area contributed by atoms with Crippen LogP contribution in [-0.2, 0) is 6.54 Å². The van der Waals surface area contributed by atoms with Crippen molar-refractivity contribution in [1.29, 1.82) is 0 Å². The summed E-state index contributed by atoms with van der Waals surface area (Å²) in [7, 11) is 0. The van der Waals surface area contributed by atoms with Crippen molar-refractivity contribution in [2.45, 2.75) is 6.54 Å². The van der Waals surface area contributed by atoms with Gasteiger partial charge in [-0.25, -0.2) is 8.78 Å². The lowest BCUT2D eigenvalue weighted by molar-refractivity contribution is 0.630. The molecule has 0 fully saturated rings. The molecule has 3 rings (SSSR count). The van der Waals surface area contributed by atoms with Crippen LogP contribution in [0.4, 0.5) is 8.78 Å². The first-order chi connectivity index (χ1) is 9.70. The molecule has 0 atom stereocenters. The molecule has 0 aliphatic rings. The second-order valence-corrected chi connectivity index (χ2v) is 4.66. The van der Waals surface area contributed by atoms with Gasteiger partial charge in [-0.2, -0.15) is 0 Å². The molecule has 0 unspecified atom stereocenters. The molecular formula is C17H13F2N. The first kappa shape index (κ1) is 12.8. The van der Waals surface area contributed by atoms with Crippen LogP contribution in [0.3, 0.4) is 0 Å². The van der Waals surface area contributed by atoms with Gasteiger partial charge in [-0.05, 0) is 34.7 Å². The Kier molecular flexibility index (Phi) is 3.20. The van der Waals surface area contributed by atoms with Gasteiger partial charge in [0.2, 0.25) is 0 Å². The van der Waals surface area contributed by atoms with Crippen LogP contribution in [0, 0.1) is 11.6 Å². The summed E-state index contributed by atoms with van der Waals surface area (Å²) in [5.74, 6) is -0.640. The van der Waals surface area contributed by atoms with Crippen LogP contribution in [0.2, 0.25) is 0 Å². The van der Waals surface area contributed by atoms with E-state index in [4.69, 9.17) is 5.73 Å². The van der Waals surface area contributed by atoms with Crippen LogP contribution in [-0.4, -0.2) is 0 Å². The van der Waals surface area contributed by atoms with Gasteiger partial charge in [-0.1, -0.05) is 36.4 Å². The van der Waals surface area contributed by atoms with E-state index in [2.05, 4.69) is 0 Å². The number of fused-ring (bicyclic) bond motifs is 1. The molecule has 3 heteroatoms. The molecule has 2 N–H and O–H groups in total. The van der Waals surface area contributed by atoms with Crippen LogP contribution in [0.1, 0.15) is 5.56 Å². The van der Waals surface area contributed by atoms with Gasteiger partial charge in [0, 0.05) is 17.5 Å². The Labute approximate surface area is 115 Å². The maximum Gasteiger partial charge on any atom is 0.131 e. The predicted octanol–water partition coefficient (Wildman–Crippen LogP) is 4.24. The molecule has 0 radical (unpaired) electrons. The Bertz CT molecular complexity index is 781. The highest BCUT2D eigenvalue weighted by molar-refractivity contribution is 5.97. The van der Waals surface area contributed by atoms with Crippen LogP contribution < -0.4 is 5.73 Å². The summed E-state index contributed by atoms with van der Waals surface area (Å²) in [6, 6.07) is 14.8. The van der Waals surface area contributed by atoms with E-state index in [9.17, 15) is 8.78 Å². The zero-order chi connectivity index (χ0) is 14.1. The second kappa shape index (κ2) is 5.02. The van der Waals surface area contributed by atoms with Crippen LogP contribution in [0.25, 0.3) is 21.9 Å². The predicted molar refractivity (Wildman–Crippen MR) is 77.2 cm³/mol. The van der Waals surface area contributed by atoms with E-state index >= 15 is 0 Å². The fraction of sp³-hybridized carbons (Fsp3) is 0.0588. The summed E-state index contributed by atoms with van der Waals surface area (Å²) in [6.07, 6.45) is 0. The van der Waals surface area contributed by atoms with Crippen LogP contribution >= 0.6 is 0 Å². The Hall–Kier alpha value is -2.26. The molecule has 0 saturated heterocycles. The Morgan fingerprint density at radius 1 is 0.750 bits per heavy atom. The van der Waals surface area contributed by atoms with Crippen molar-refractivity contribution in [2.75, 3.05) is 0 Å². The minimum atomic E-state index is -0.334. The van der Waals surface area contributed by atoms with Gasteiger partial charge < -0.3 is 5.73 Å². The van der Waals surface area contributed by atoms with Crippen LogP contribution in [0.5, 0.6) is 0 Å². The lowest BCUT2D eigenvalue weighted by Crippen LogP contribution is -1.97. The molecule has 3 aromatic carbocycles. The summed E-state index contributed by atoms with van der Waals surface area (Å²) < 4.78 is 27.9. The summed E-state index contributed by atoms with van der Waals surface area (Å²) in [5.41, 5.74) is 7.57. The third-order valence-corrected chi connectivity index (χ3v) is 3.43. The fourth-order valence-corrected chi connectivity index (χ4v) is 2.40. The van der Waals surface area contributed by atoms with Crippen molar-refractivity contribution in [2.24, 2.45) is 5.73 Å². The minimum absolute atomic E-state index is 0.306. The molecule has 0 aliphatic carbocycles. The SMILES string of the molecule is NCc1ccc(F)c(-c2ccc(F)c3ccccc23)c1. The van der Waals surface area contributed by atoms with Crippen molar-refractivity contribution in [1.82, 2.24) is 0 Å². The number of benzene rings is 3. The molecule has 3 aromatic rings. The molecule has 1 nitrogen and oxygen atoms in total. The normalized spacial score (nSPS) is 10.9. The molecule has 100 valence electrons. The molecule has 0 amide bonds. The summed E-state index contributed by atoms with van der Waals surface area (Å²) in [4.78, 5) is 0. The molecule has 0 aliphatic heterocycles. The number of hydrogen-bond acceptors (Lipinski definition) is 1. The number of rotatable bonds is 2. The number of nitrogens with two attached hydrogens (primary N) is 1. The number of hydrogen-bond donors (Lipinski definition) is 1. The van der Waals surface area contributed by atoms with Crippen molar-refractivity contribution in [3.05, 3.63) is 71.8 Å². The molecule has 0 saturated carbocycles. The fourth-order valence-electron chi connectivity index (χ4n) is 2.40. The third kappa shape index (κ3) is 2.06. The van der Waals surface area contributed by atoms with Gasteiger partial charge in [0.25, 0.3) is 0 Å². The van der Waals surface area contributed by atoms with Gasteiger partial charge in [0.1, 0.15) is 11.6 Å². The van der Waals surface area contributed by atoms with E-state index in [1.807, 2.05) is 6.07 Å². The van der Waals surface area contributed by atoms with Crippen LogP contribution in [0.15, 0.2) is 54.6 Å². The Morgan fingerprint density at radius 2 is 1.45 bits per heavy atom. The highest BCUT2D eigenvalue weighted by atomic mass is 19.1. The van der Waals surface area contributed by atoms with E-state index in [0.717, 1.165) is 5.56 Å². The largest absolute Gasteiger partial charge is 0.326 e. The third-order valence-electron chi connectivity index (χ3n) is 3.43. The smallest absolute Gasteiger partial charge is 0.131 e. The zero-order valence-corrected chi connectivity index (χ0v) is 10.7. The molecule has 0 spiro atoms. The molecular weight excluding hydrogens is 256 g/mol. The van der Waals surface area contributed by atoms with Gasteiger partial charge in [0.15, 0.2) is 0 Å². The molecule has 0 aromatic heterocycles. The van der Waals surface area contributed by atoms with Gasteiger partial charge >= 0.3 is 0 Å². The average molecular weight is 269 g/mol. The quantitative estimate of drug-likeness (QED) is 0.739. The molecule has 0 heterocycles. The topological polar surface area (TPSA) is 26.0 Å². The monoisotopic (exact) mass is 269 g/mol. The first-order valence-electron chi connectivity index (χ1n) is 6.37. The second-order valence-electron chi connectivity index (χ2n) is 4.66. The zero-order valence-electron chi connectivity index (χ0n) is 10.7. The van der Waals surface area contributed by atoms with Crippen molar-refractivity contribution in [3.63, 3.8) is 0 Å². The number of halogens is 2. The highest BCUT2D eigenvalue weighted by Crippen LogP contribution is 2.32. The average Bonchev–Trinajstić information content (AvgIpc) is 2.49. The summed E-state index contributed by atoms with van der Waals surface area (Å²) >= 11 is 0. The standard InChI is InChI=1S/C17H13F2N/c18-16-8-6-13(12-3-1-2-4-14(12)16)15-9-11(10-20)5-7-17(15)19/h1-9H,10,20H2. The summed E-state index contributed by atoms with van der Waals surface area (Å²) in [6.45, 7) is 0.340. The summed E-state index contributed by atoms with van der Waals surface area (Å²) in [5, 5.41) is 1.18.